The van der Waals surface area contributed by atoms with Crippen LogP contribution in [0.5, 0.6) is 0 Å². The fourth-order valence-electron chi connectivity index (χ4n) is 5.22. The first-order valence-corrected chi connectivity index (χ1v) is 16.0. The van der Waals surface area contributed by atoms with Crippen molar-refractivity contribution >= 4 is 12.1 Å². The van der Waals surface area contributed by atoms with Crippen molar-refractivity contribution in [3.05, 3.63) is 83.9 Å². The minimum atomic E-state index is -4.75. The number of aryl methyl sites for hydroxylation is 1. The molecular weight excluding hydrogens is 565 g/mol. The van der Waals surface area contributed by atoms with Crippen molar-refractivity contribution in [1.82, 2.24) is 0 Å². The lowest BCUT2D eigenvalue weighted by molar-refractivity contribution is -0.209. The van der Waals surface area contributed by atoms with Crippen LogP contribution in [0.2, 0.25) is 0 Å². The molecule has 0 bridgehead atoms. The molecule has 0 aliphatic rings. The number of carbonyl (C=O) groups is 2. The summed E-state index contributed by atoms with van der Waals surface area (Å²) in [5.41, 5.74) is 4.72. The van der Waals surface area contributed by atoms with Gasteiger partial charge in [-0.25, -0.2) is 9.59 Å². The molecule has 0 aliphatic heterocycles. The SMILES string of the molecule is CCCCCCCCCCCc1ccc(-c2ccc(C(=O)OC(=O)OC(CCCC)C(F)(F)F)cc2-c2ccccc2)cc1. The molecule has 1 unspecified atom stereocenters. The summed E-state index contributed by atoms with van der Waals surface area (Å²) in [6, 6.07) is 22.7. The second-order valence-electron chi connectivity index (χ2n) is 11.3. The molecule has 3 aromatic rings. The monoisotopic (exact) mass is 610 g/mol. The van der Waals surface area contributed by atoms with Gasteiger partial charge in [-0.05, 0) is 65.6 Å². The van der Waals surface area contributed by atoms with E-state index in [1.54, 1.807) is 19.1 Å². The highest BCUT2D eigenvalue weighted by molar-refractivity contribution is 5.98. The molecule has 3 rings (SSSR count). The van der Waals surface area contributed by atoms with Crippen molar-refractivity contribution in [2.24, 2.45) is 0 Å². The van der Waals surface area contributed by atoms with Gasteiger partial charge in [0.2, 0.25) is 6.10 Å². The highest BCUT2D eigenvalue weighted by Crippen LogP contribution is 2.34. The molecule has 7 heteroatoms. The summed E-state index contributed by atoms with van der Waals surface area (Å²) in [4.78, 5) is 24.9. The molecule has 0 amide bonds. The Labute approximate surface area is 260 Å². The van der Waals surface area contributed by atoms with Crippen LogP contribution in [-0.4, -0.2) is 24.4 Å². The van der Waals surface area contributed by atoms with Gasteiger partial charge >= 0.3 is 18.3 Å². The number of hydrogen-bond donors (Lipinski definition) is 0. The van der Waals surface area contributed by atoms with Crippen molar-refractivity contribution in [3.63, 3.8) is 0 Å². The van der Waals surface area contributed by atoms with E-state index in [-0.39, 0.29) is 12.0 Å². The Kier molecular flexibility index (Phi) is 14.5. The lowest BCUT2D eigenvalue weighted by atomic mass is 9.92. The lowest BCUT2D eigenvalue weighted by Gasteiger charge is -2.19. The van der Waals surface area contributed by atoms with Crippen molar-refractivity contribution in [2.75, 3.05) is 0 Å². The van der Waals surface area contributed by atoms with Gasteiger partial charge in [0.25, 0.3) is 0 Å². The third kappa shape index (κ3) is 11.5. The summed E-state index contributed by atoms with van der Waals surface area (Å²) in [7, 11) is 0. The average molecular weight is 611 g/mol. The zero-order valence-corrected chi connectivity index (χ0v) is 26.0. The van der Waals surface area contributed by atoms with Crippen LogP contribution in [0.4, 0.5) is 18.0 Å². The Hall–Kier alpha value is -3.61. The highest BCUT2D eigenvalue weighted by Gasteiger charge is 2.43. The predicted octanol–water partition coefficient (Wildman–Crippen LogP) is 11.5. The van der Waals surface area contributed by atoms with Crippen LogP contribution in [0.3, 0.4) is 0 Å². The van der Waals surface area contributed by atoms with Crippen LogP contribution in [-0.2, 0) is 15.9 Å². The molecule has 0 aliphatic carbocycles. The number of ether oxygens (including phenoxy) is 2. The van der Waals surface area contributed by atoms with E-state index < -0.39 is 30.8 Å². The summed E-state index contributed by atoms with van der Waals surface area (Å²) in [6.45, 7) is 3.97. The van der Waals surface area contributed by atoms with E-state index in [1.165, 1.54) is 63.0 Å². The number of hydrogen-bond acceptors (Lipinski definition) is 4. The second-order valence-corrected chi connectivity index (χ2v) is 11.3. The number of alkyl halides is 3. The minimum Gasteiger partial charge on any atom is -0.421 e. The van der Waals surface area contributed by atoms with E-state index in [2.05, 4.69) is 40.7 Å². The van der Waals surface area contributed by atoms with E-state index in [1.807, 2.05) is 30.3 Å². The zero-order valence-electron chi connectivity index (χ0n) is 26.0. The van der Waals surface area contributed by atoms with Crippen molar-refractivity contribution < 1.29 is 32.2 Å². The predicted molar refractivity (Wildman–Crippen MR) is 170 cm³/mol. The minimum absolute atomic E-state index is 0.0312. The zero-order chi connectivity index (χ0) is 31.8. The van der Waals surface area contributed by atoms with Crippen molar-refractivity contribution in [2.45, 2.75) is 110 Å². The topological polar surface area (TPSA) is 52.6 Å². The number of carbonyl (C=O) groups excluding carboxylic acids is 2. The standard InChI is InChI=1S/C37H45F3O4/c1-3-5-7-8-9-10-11-12-14-17-28-21-23-30(24-22-28)32-26-25-31(27-33(32)29-18-15-13-16-19-29)35(41)44-36(42)43-34(20-6-4-2)37(38,39)40/h13,15-16,18-19,21-27,34H,3-12,14,17,20H2,1-2H3. The molecule has 3 aromatic carbocycles. The maximum atomic E-state index is 13.3. The normalized spacial score (nSPS) is 12.1. The molecule has 1 atom stereocenters. The summed E-state index contributed by atoms with van der Waals surface area (Å²) in [5.74, 6) is -1.08. The van der Waals surface area contributed by atoms with Gasteiger partial charge in [0.1, 0.15) is 0 Å². The summed E-state index contributed by atoms with van der Waals surface area (Å²) in [6.07, 6.45) is 4.22. The van der Waals surface area contributed by atoms with Gasteiger partial charge in [-0.2, -0.15) is 13.2 Å². The molecule has 0 fully saturated rings. The fraction of sp³-hybridized carbons (Fsp3) is 0.459. The maximum Gasteiger partial charge on any atom is 0.517 e. The molecule has 0 N–H and O–H groups in total. The van der Waals surface area contributed by atoms with Gasteiger partial charge in [-0.1, -0.05) is 132 Å². The smallest absolute Gasteiger partial charge is 0.421 e. The van der Waals surface area contributed by atoms with Crippen LogP contribution in [0.25, 0.3) is 22.3 Å². The molecule has 0 spiro atoms. The Bertz CT molecular complexity index is 1290. The van der Waals surface area contributed by atoms with Crippen LogP contribution in [0.1, 0.15) is 107 Å². The van der Waals surface area contributed by atoms with E-state index in [4.69, 9.17) is 0 Å². The van der Waals surface area contributed by atoms with Crippen LogP contribution in [0, 0.1) is 0 Å². The summed E-state index contributed by atoms with van der Waals surface area (Å²) < 4.78 is 49.0. The Morgan fingerprint density at radius 2 is 1.27 bits per heavy atom. The summed E-state index contributed by atoms with van der Waals surface area (Å²) >= 11 is 0. The largest absolute Gasteiger partial charge is 0.517 e. The van der Waals surface area contributed by atoms with E-state index in [0.29, 0.717) is 6.42 Å². The molecule has 44 heavy (non-hydrogen) atoms. The Balaban J connectivity index is 1.67. The van der Waals surface area contributed by atoms with Gasteiger partial charge < -0.3 is 9.47 Å². The fourth-order valence-corrected chi connectivity index (χ4v) is 5.22. The Morgan fingerprint density at radius 1 is 0.682 bits per heavy atom. The van der Waals surface area contributed by atoms with Gasteiger partial charge in [0, 0.05) is 0 Å². The molecule has 0 saturated heterocycles. The van der Waals surface area contributed by atoms with E-state index in [9.17, 15) is 22.8 Å². The molecule has 4 nitrogen and oxygen atoms in total. The van der Waals surface area contributed by atoms with E-state index >= 15 is 0 Å². The third-order valence-corrected chi connectivity index (χ3v) is 7.77. The van der Waals surface area contributed by atoms with Gasteiger partial charge in [0.15, 0.2) is 0 Å². The third-order valence-electron chi connectivity index (χ3n) is 7.77. The lowest BCUT2D eigenvalue weighted by Crippen LogP contribution is -2.34. The number of benzene rings is 3. The Morgan fingerprint density at radius 3 is 1.89 bits per heavy atom. The summed E-state index contributed by atoms with van der Waals surface area (Å²) in [5, 5.41) is 0. The number of unbranched alkanes of at least 4 members (excludes halogenated alkanes) is 9. The van der Waals surface area contributed by atoms with Crippen LogP contribution >= 0.6 is 0 Å². The van der Waals surface area contributed by atoms with E-state index in [0.717, 1.165) is 35.1 Å². The number of halogens is 3. The molecule has 238 valence electrons. The van der Waals surface area contributed by atoms with Crippen molar-refractivity contribution in [1.29, 1.82) is 0 Å². The van der Waals surface area contributed by atoms with Gasteiger partial charge in [0.05, 0.1) is 5.56 Å². The molecule has 0 saturated carbocycles. The first-order valence-electron chi connectivity index (χ1n) is 16.0. The quantitative estimate of drug-likeness (QED) is 0.0867. The highest BCUT2D eigenvalue weighted by atomic mass is 19.4. The molecular formula is C37H45F3O4. The molecule has 0 heterocycles. The second kappa shape index (κ2) is 18.3. The maximum absolute atomic E-state index is 13.3. The van der Waals surface area contributed by atoms with Crippen LogP contribution < -0.4 is 0 Å². The van der Waals surface area contributed by atoms with Crippen LogP contribution in [0.15, 0.2) is 72.8 Å². The molecule has 0 aromatic heterocycles. The molecule has 0 radical (unpaired) electrons. The number of esters is 1. The first kappa shape index (κ1) is 34.9. The van der Waals surface area contributed by atoms with Gasteiger partial charge in [-0.3, -0.25) is 0 Å². The number of rotatable bonds is 17. The van der Waals surface area contributed by atoms with Gasteiger partial charge in [-0.15, -0.1) is 0 Å². The average Bonchev–Trinajstić information content (AvgIpc) is 3.02. The van der Waals surface area contributed by atoms with Crippen molar-refractivity contribution in [3.8, 4) is 22.3 Å². The first-order chi connectivity index (χ1) is 21.2.